The third-order valence-electron chi connectivity index (χ3n) is 2.17. The van der Waals surface area contributed by atoms with Gasteiger partial charge in [-0.3, -0.25) is 0 Å². The number of carboxylic acid groups (broad SMARTS) is 1. The van der Waals surface area contributed by atoms with Gasteiger partial charge in [-0.05, 0) is 0 Å². The van der Waals surface area contributed by atoms with Crippen LogP contribution in [0, 0.1) is 0 Å². The number of alkyl halides is 3. The molecule has 11 heteroatoms. The molecule has 23 heavy (non-hydrogen) atoms. The number of ether oxygens (including phenoxy) is 3. The first-order valence-electron chi connectivity index (χ1n) is 5.73. The number of amides is 2. The average Bonchev–Trinajstić information content (AvgIpc) is 2.45. The van der Waals surface area contributed by atoms with Crippen LogP contribution in [0.15, 0.2) is 12.1 Å². The molecule has 8 nitrogen and oxygen atoms in total. The van der Waals surface area contributed by atoms with Crippen molar-refractivity contribution in [3.63, 3.8) is 0 Å². The van der Waals surface area contributed by atoms with Crippen LogP contribution in [0.1, 0.15) is 0 Å². The number of carbonyl (C=O) groups excluding carboxylic acids is 1. The second-order valence-corrected chi connectivity index (χ2v) is 3.71. The molecular weight excluding hydrogens is 325 g/mol. The lowest BCUT2D eigenvalue weighted by atomic mass is 10.2. The van der Waals surface area contributed by atoms with Gasteiger partial charge in [0.2, 0.25) is 5.75 Å². The Kier molecular flexibility index (Phi) is 7.50. The quantitative estimate of drug-likeness (QED) is 0.769. The van der Waals surface area contributed by atoms with Gasteiger partial charge in [0, 0.05) is 12.1 Å². The SMILES string of the molecule is COc1cc(NC(N)=O)cc(OC)c1OC.O=C(O)C(F)(F)F. The van der Waals surface area contributed by atoms with Crippen molar-refractivity contribution < 1.29 is 42.1 Å². The minimum atomic E-state index is -5.08. The Labute approximate surface area is 128 Å². The largest absolute Gasteiger partial charge is 0.493 e. The van der Waals surface area contributed by atoms with Crippen molar-refractivity contribution >= 4 is 17.7 Å². The number of nitrogens with one attached hydrogen (secondary N) is 1. The fourth-order valence-electron chi connectivity index (χ4n) is 1.30. The Morgan fingerprint density at radius 2 is 1.48 bits per heavy atom. The summed E-state index contributed by atoms with van der Waals surface area (Å²) in [6.07, 6.45) is -5.08. The predicted octanol–water partition coefficient (Wildman–Crippen LogP) is 1.84. The van der Waals surface area contributed by atoms with Gasteiger partial charge in [-0.1, -0.05) is 0 Å². The third kappa shape index (κ3) is 6.63. The molecule has 0 aromatic heterocycles. The zero-order valence-electron chi connectivity index (χ0n) is 12.4. The number of nitrogens with two attached hydrogens (primary N) is 1. The van der Waals surface area contributed by atoms with Gasteiger partial charge in [-0.2, -0.15) is 13.2 Å². The first kappa shape index (κ1) is 20.1. The van der Waals surface area contributed by atoms with Crippen LogP contribution in [-0.2, 0) is 4.79 Å². The topological polar surface area (TPSA) is 120 Å². The molecule has 0 aliphatic rings. The van der Waals surface area contributed by atoms with Gasteiger partial charge < -0.3 is 30.4 Å². The van der Waals surface area contributed by atoms with Crippen LogP contribution < -0.4 is 25.3 Å². The highest BCUT2D eigenvalue weighted by Crippen LogP contribution is 2.39. The zero-order chi connectivity index (χ0) is 18.2. The fourth-order valence-corrected chi connectivity index (χ4v) is 1.30. The monoisotopic (exact) mass is 340 g/mol. The summed E-state index contributed by atoms with van der Waals surface area (Å²) in [7, 11) is 4.48. The summed E-state index contributed by atoms with van der Waals surface area (Å²) in [5.41, 5.74) is 5.49. The number of carboxylic acids is 1. The maximum atomic E-state index is 10.7. The van der Waals surface area contributed by atoms with Gasteiger partial charge in [0.1, 0.15) is 0 Å². The molecule has 0 aliphatic heterocycles. The summed E-state index contributed by atoms with van der Waals surface area (Å²) in [4.78, 5) is 19.6. The van der Waals surface area contributed by atoms with Crippen LogP contribution in [0.5, 0.6) is 17.2 Å². The molecule has 0 fully saturated rings. The molecule has 1 aromatic carbocycles. The standard InChI is InChI=1S/C10H14N2O4.C2HF3O2/c1-14-7-4-6(12-10(11)13)5-8(15-2)9(7)16-3;3-2(4,5)1(6)7/h4-5H,1-3H3,(H3,11,12,13);(H,6,7). The third-order valence-corrected chi connectivity index (χ3v) is 2.17. The van der Waals surface area contributed by atoms with Crippen LogP contribution >= 0.6 is 0 Å². The molecule has 0 radical (unpaired) electrons. The van der Waals surface area contributed by atoms with Gasteiger partial charge in [-0.25, -0.2) is 9.59 Å². The Balaban J connectivity index is 0.000000585. The molecule has 0 saturated carbocycles. The highest BCUT2D eigenvalue weighted by Gasteiger charge is 2.38. The maximum absolute atomic E-state index is 10.7. The van der Waals surface area contributed by atoms with Crippen LogP contribution in [0.4, 0.5) is 23.7 Å². The van der Waals surface area contributed by atoms with E-state index in [1.807, 2.05) is 0 Å². The number of urea groups is 1. The summed E-state index contributed by atoms with van der Waals surface area (Å²) >= 11 is 0. The molecule has 4 N–H and O–H groups in total. The van der Waals surface area contributed by atoms with Crippen molar-refractivity contribution in [1.82, 2.24) is 0 Å². The van der Waals surface area contributed by atoms with Gasteiger partial charge in [-0.15, -0.1) is 0 Å². The highest BCUT2D eigenvalue weighted by atomic mass is 19.4. The summed E-state index contributed by atoms with van der Waals surface area (Å²) in [5.74, 6) is -1.40. The molecule has 0 unspecified atom stereocenters. The van der Waals surface area contributed by atoms with E-state index in [4.69, 9.17) is 29.8 Å². The van der Waals surface area contributed by atoms with Gasteiger partial charge in [0.15, 0.2) is 11.5 Å². The Bertz CT molecular complexity index is 537. The molecule has 0 spiro atoms. The zero-order valence-corrected chi connectivity index (χ0v) is 12.4. The molecule has 0 aliphatic carbocycles. The number of anilines is 1. The van der Waals surface area contributed by atoms with E-state index >= 15 is 0 Å². The van der Waals surface area contributed by atoms with Crippen molar-refractivity contribution in [1.29, 1.82) is 0 Å². The molecule has 0 atom stereocenters. The average molecular weight is 340 g/mol. The van der Waals surface area contributed by atoms with E-state index in [9.17, 15) is 18.0 Å². The van der Waals surface area contributed by atoms with E-state index in [2.05, 4.69) is 5.32 Å². The lowest BCUT2D eigenvalue weighted by Crippen LogP contribution is -2.21. The van der Waals surface area contributed by atoms with Gasteiger partial charge in [0.05, 0.1) is 27.0 Å². The smallest absolute Gasteiger partial charge is 0.490 e. The number of hydrogen-bond donors (Lipinski definition) is 3. The molecule has 1 aromatic rings. The normalized spacial score (nSPS) is 10.0. The minimum absolute atomic E-state index is 0.450. The van der Waals surface area contributed by atoms with E-state index in [1.165, 1.54) is 21.3 Å². The van der Waals surface area contributed by atoms with Crippen molar-refractivity contribution in [2.45, 2.75) is 6.18 Å². The number of halogens is 3. The second kappa shape index (κ2) is 8.56. The van der Waals surface area contributed by atoms with Gasteiger partial charge >= 0.3 is 18.2 Å². The molecule has 0 heterocycles. The van der Waals surface area contributed by atoms with Crippen LogP contribution in [-0.4, -0.2) is 44.6 Å². The highest BCUT2D eigenvalue weighted by molar-refractivity contribution is 5.88. The lowest BCUT2D eigenvalue weighted by Gasteiger charge is -2.13. The molecule has 2 amide bonds. The van der Waals surface area contributed by atoms with E-state index in [0.29, 0.717) is 22.9 Å². The van der Waals surface area contributed by atoms with Crippen LogP contribution in [0.3, 0.4) is 0 Å². The van der Waals surface area contributed by atoms with Crippen molar-refractivity contribution in [2.75, 3.05) is 26.6 Å². The molecule has 1 rings (SSSR count). The molecular formula is C12H15F3N2O6. The second-order valence-electron chi connectivity index (χ2n) is 3.71. The summed E-state index contributed by atoms with van der Waals surface area (Å²) < 4.78 is 47.1. The molecule has 130 valence electrons. The number of rotatable bonds is 4. The first-order chi connectivity index (χ1) is 10.6. The minimum Gasteiger partial charge on any atom is -0.493 e. The maximum Gasteiger partial charge on any atom is 0.490 e. The number of methoxy groups -OCH3 is 3. The first-order valence-corrected chi connectivity index (χ1v) is 5.73. The van der Waals surface area contributed by atoms with E-state index < -0.39 is 18.2 Å². The lowest BCUT2D eigenvalue weighted by molar-refractivity contribution is -0.192. The Hall–Kier alpha value is -2.85. The Morgan fingerprint density at radius 3 is 1.70 bits per heavy atom. The number of aliphatic carboxylic acids is 1. The van der Waals surface area contributed by atoms with E-state index in [-0.39, 0.29) is 0 Å². The summed E-state index contributed by atoms with van der Waals surface area (Å²) in [5, 5.41) is 9.55. The molecule has 0 saturated heterocycles. The number of hydrogen-bond acceptors (Lipinski definition) is 5. The van der Waals surface area contributed by atoms with Crippen molar-refractivity contribution in [3.05, 3.63) is 12.1 Å². The fraction of sp³-hybridized carbons (Fsp3) is 0.333. The van der Waals surface area contributed by atoms with E-state index in [0.717, 1.165) is 0 Å². The van der Waals surface area contributed by atoms with Crippen molar-refractivity contribution in [2.24, 2.45) is 5.73 Å². The number of primary amides is 1. The number of carbonyl (C=O) groups is 2. The summed E-state index contributed by atoms with van der Waals surface area (Å²) in [6, 6.07) is 2.52. The molecule has 0 bridgehead atoms. The number of benzene rings is 1. The van der Waals surface area contributed by atoms with Crippen molar-refractivity contribution in [3.8, 4) is 17.2 Å². The van der Waals surface area contributed by atoms with E-state index in [1.54, 1.807) is 12.1 Å². The Morgan fingerprint density at radius 1 is 1.09 bits per heavy atom. The predicted molar refractivity (Wildman–Crippen MR) is 73.0 cm³/mol. The van der Waals surface area contributed by atoms with Crippen LogP contribution in [0.25, 0.3) is 0 Å². The van der Waals surface area contributed by atoms with Gasteiger partial charge in [0.25, 0.3) is 0 Å². The van der Waals surface area contributed by atoms with Crippen LogP contribution in [0.2, 0.25) is 0 Å². The summed E-state index contributed by atoms with van der Waals surface area (Å²) in [6.45, 7) is 0.